The Morgan fingerprint density at radius 2 is 1.50 bits per heavy atom. The summed E-state index contributed by atoms with van der Waals surface area (Å²) in [6.07, 6.45) is 4.19. The standard InChI is InChI=1S/C25H35O3P.Li/c1-7-9-13-27-21-11-12-23(22(16-21)28-14-10-8-2)29-25(26)24-18(4)15-17(3)19(5)20(24)6;/h11-12,15-16,29H,7-10,13-14H2,1-6H3;/q;+1. The second kappa shape index (κ2) is 13.2. The van der Waals surface area contributed by atoms with Crippen molar-refractivity contribution in [1.29, 1.82) is 0 Å². The van der Waals surface area contributed by atoms with Gasteiger partial charge in [-0.15, -0.1) is 0 Å². The van der Waals surface area contributed by atoms with Gasteiger partial charge in [-0.2, -0.15) is 0 Å². The summed E-state index contributed by atoms with van der Waals surface area (Å²) in [4.78, 5) is 13.2. The summed E-state index contributed by atoms with van der Waals surface area (Å²) >= 11 is 0. The predicted molar refractivity (Wildman–Crippen MR) is 125 cm³/mol. The first kappa shape index (κ1) is 26.8. The maximum Gasteiger partial charge on any atom is 1.00 e. The molecule has 0 fully saturated rings. The Bertz CT molecular complexity index is 849. The minimum Gasteiger partial charge on any atom is -0.493 e. The summed E-state index contributed by atoms with van der Waals surface area (Å²) in [6, 6.07) is 8.01. The number of hydrogen-bond donors (Lipinski definition) is 0. The third-order valence-electron chi connectivity index (χ3n) is 5.31. The maximum atomic E-state index is 13.2. The number of benzene rings is 2. The zero-order chi connectivity index (χ0) is 21.4. The van der Waals surface area contributed by atoms with Gasteiger partial charge in [0.05, 0.1) is 13.2 Å². The Balaban J connectivity index is 0.00000450. The van der Waals surface area contributed by atoms with Gasteiger partial charge in [0.1, 0.15) is 11.5 Å². The second-order valence-electron chi connectivity index (χ2n) is 7.65. The van der Waals surface area contributed by atoms with Crippen molar-refractivity contribution in [3.05, 3.63) is 52.1 Å². The molecule has 2 aromatic rings. The van der Waals surface area contributed by atoms with Crippen molar-refractivity contribution in [2.45, 2.75) is 67.2 Å². The van der Waals surface area contributed by atoms with Gasteiger partial charge in [0.25, 0.3) is 0 Å². The Labute approximate surface area is 196 Å². The van der Waals surface area contributed by atoms with E-state index in [1.54, 1.807) is 0 Å². The van der Waals surface area contributed by atoms with Gasteiger partial charge in [0.2, 0.25) is 0 Å². The number of unbranched alkanes of at least 4 members (excludes halogenated alkanes) is 2. The van der Waals surface area contributed by atoms with Crippen molar-refractivity contribution in [1.82, 2.24) is 0 Å². The summed E-state index contributed by atoms with van der Waals surface area (Å²) < 4.78 is 11.9. The van der Waals surface area contributed by atoms with Gasteiger partial charge in [-0.3, -0.25) is 4.79 Å². The normalized spacial score (nSPS) is 10.9. The van der Waals surface area contributed by atoms with E-state index in [0.717, 1.165) is 59.2 Å². The van der Waals surface area contributed by atoms with Crippen LogP contribution < -0.4 is 33.6 Å². The largest absolute Gasteiger partial charge is 1.00 e. The molecular formula is C25H35LiO3P+. The van der Waals surface area contributed by atoms with E-state index in [-0.39, 0.29) is 33.0 Å². The fourth-order valence-corrected chi connectivity index (χ4v) is 4.48. The van der Waals surface area contributed by atoms with Crippen LogP contribution in [0, 0.1) is 27.7 Å². The molecule has 0 aromatic heterocycles. The molecule has 0 aliphatic rings. The van der Waals surface area contributed by atoms with E-state index in [1.165, 1.54) is 11.1 Å². The van der Waals surface area contributed by atoms with Crippen molar-refractivity contribution in [2.24, 2.45) is 0 Å². The zero-order valence-electron chi connectivity index (χ0n) is 19.8. The van der Waals surface area contributed by atoms with Crippen LogP contribution in [0.25, 0.3) is 0 Å². The molecule has 0 bridgehead atoms. The summed E-state index contributed by atoms with van der Waals surface area (Å²) in [5, 5.41) is 0.950. The van der Waals surface area contributed by atoms with Crippen LogP contribution in [0.1, 0.15) is 72.1 Å². The number of rotatable bonds is 11. The van der Waals surface area contributed by atoms with Crippen LogP contribution in [0.5, 0.6) is 11.5 Å². The molecule has 0 heterocycles. The van der Waals surface area contributed by atoms with Crippen LogP contribution in [0.3, 0.4) is 0 Å². The summed E-state index contributed by atoms with van der Waals surface area (Å²) in [7, 11) is 0.0317. The second-order valence-corrected chi connectivity index (χ2v) is 8.89. The van der Waals surface area contributed by atoms with Crippen LogP contribution in [-0.2, 0) is 0 Å². The molecule has 0 saturated heterocycles. The molecular weight excluding hydrogens is 386 g/mol. The Morgan fingerprint density at radius 3 is 2.13 bits per heavy atom. The van der Waals surface area contributed by atoms with Crippen molar-refractivity contribution < 1.29 is 33.1 Å². The average molecular weight is 421 g/mol. The molecule has 0 saturated carbocycles. The maximum absolute atomic E-state index is 13.2. The van der Waals surface area contributed by atoms with Gasteiger partial charge >= 0.3 is 18.9 Å². The van der Waals surface area contributed by atoms with Crippen molar-refractivity contribution in [3.63, 3.8) is 0 Å². The van der Waals surface area contributed by atoms with E-state index in [4.69, 9.17) is 9.47 Å². The minimum atomic E-state index is 0. The predicted octanol–water partition coefficient (Wildman–Crippen LogP) is 3.43. The summed E-state index contributed by atoms with van der Waals surface area (Å²) in [5.41, 5.74) is 5.60. The fraction of sp³-hybridized carbons (Fsp3) is 0.480. The van der Waals surface area contributed by atoms with Crippen LogP contribution in [0.15, 0.2) is 24.3 Å². The molecule has 158 valence electrons. The van der Waals surface area contributed by atoms with Crippen molar-refractivity contribution in [2.75, 3.05) is 13.2 Å². The SMILES string of the molecule is CCCCOc1ccc(PC(=O)c2c(C)cc(C)c(C)c2C)c(OCCCC)c1.[Li+]. The van der Waals surface area contributed by atoms with E-state index in [9.17, 15) is 4.79 Å². The molecule has 0 amide bonds. The van der Waals surface area contributed by atoms with Gasteiger partial charge in [0.15, 0.2) is 5.52 Å². The van der Waals surface area contributed by atoms with Gasteiger partial charge in [-0.1, -0.05) is 32.8 Å². The van der Waals surface area contributed by atoms with E-state index in [0.29, 0.717) is 13.2 Å². The Hall–Kier alpha value is -1.26. The number of carbonyl (C=O) groups excluding carboxylic acids is 1. The fourth-order valence-electron chi connectivity index (χ4n) is 3.29. The minimum absolute atomic E-state index is 0. The van der Waals surface area contributed by atoms with Gasteiger partial charge in [-0.25, -0.2) is 0 Å². The first-order valence-electron chi connectivity index (χ1n) is 10.7. The molecule has 1 atom stereocenters. The van der Waals surface area contributed by atoms with E-state index >= 15 is 0 Å². The van der Waals surface area contributed by atoms with E-state index < -0.39 is 0 Å². The Morgan fingerprint density at radius 1 is 0.867 bits per heavy atom. The molecule has 0 aliphatic heterocycles. The Kier molecular flexibility index (Phi) is 11.8. The molecule has 30 heavy (non-hydrogen) atoms. The van der Waals surface area contributed by atoms with Crippen LogP contribution in [-0.4, -0.2) is 18.7 Å². The summed E-state index contributed by atoms with van der Waals surface area (Å²) in [6.45, 7) is 13.9. The van der Waals surface area contributed by atoms with Gasteiger partial charge < -0.3 is 9.47 Å². The van der Waals surface area contributed by atoms with Crippen molar-refractivity contribution in [3.8, 4) is 11.5 Å². The number of carbonyl (C=O) groups is 1. The number of aryl methyl sites for hydroxylation is 2. The molecule has 0 aliphatic carbocycles. The van der Waals surface area contributed by atoms with E-state index in [2.05, 4.69) is 40.7 Å². The first-order chi connectivity index (χ1) is 13.9. The molecule has 0 spiro atoms. The van der Waals surface area contributed by atoms with Crippen LogP contribution >= 0.6 is 8.58 Å². The zero-order valence-corrected chi connectivity index (χ0v) is 20.8. The molecule has 5 heteroatoms. The summed E-state index contributed by atoms with van der Waals surface area (Å²) in [5.74, 6) is 1.59. The quantitative estimate of drug-likeness (QED) is 0.317. The third-order valence-corrected chi connectivity index (χ3v) is 6.47. The molecule has 0 radical (unpaired) electrons. The van der Waals surface area contributed by atoms with Crippen molar-refractivity contribution >= 4 is 19.4 Å². The topological polar surface area (TPSA) is 35.5 Å². The first-order valence-corrected chi connectivity index (χ1v) is 11.7. The third kappa shape index (κ3) is 7.16. The van der Waals surface area contributed by atoms with Crippen LogP contribution in [0.4, 0.5) is 0 Å². The van der Waals surface area contributed by atoms with Gasteiger partial charge in [0, 0.05) is 16.9 Å². The number of hydrogen-bond acceptors (Lipinski definition) is 3. The smallest absolute Gasteiger partial charge is 0.493 e. The van der Waals surface area contributed by atoms with E-state index in [1.807, 2.05) is 25.1 Å². The average Bonchev–Trinajstić information content (AvgIpc) is 2.68. The molecule has 3 nitrogen and oxygen atoms in total. The molecule has 2 rings (SSSR count). The molecule has 0 N–H and O–H groups in total. The number of ether oxygens (including phenoxy) is 2. The molecule has 2 aromatic carbocycles. The van der Waals surface area contributed by atoms with Gasteiger partial charge in [-0.05, 0) is 83.5 Å². The monoisotopic (exact) mass is 421 g/mol. The molecule has 1 unspecified atom stereocenters. The van der Waals surface area contributed by atoms with Crippen LogP contribution in [0.2, 0.25) is 0 Å².